The largest absolute Gasteiger partial charge is 0.501 e. The molecule has 1 atom stereocenters. The predicted octanol–water partition coefficient (Wildman–Crippen LogP) is 2.73. The number of benzene rings is 1. The van der Waals surface area contributed by atoms with Crippen LogP contribution in [0, 0.1) is 0 Å². The molecule has 0 saturated carbocycles. The number of rotatable bonds is 5. The van der Waals surface area contributed by atoms with Crippen molar-refractivity contribution < 1.29 is 9.53 Å². The highest BCUT2D eigenvalue weighted by molar-refractivity contribution is 5.95. The quantitative estimate of drug-likeness (QED) is 0.867. The zero-order chi connectivity index (χ0) is 12.8. The summed E-state index contributed by atoms with van der Waals surface area (Å²) < 4.78 is 5.18. The monoisotopic (exact) mass is 245 g/mol. The van der Waals surface area contributed by atoms with Crippen molar-refractivity contribution >= 4 is 5.78 Å². The highest BCUT2D eigenvalue weighted by atomic mass is 16.5. The summed E-state index contributed by atoms with van der Waals surface area (Å²) in [6.45, 7) is 0.723. The first-order valence-electron chi connectivity index (χ1n) is 6.42. The number of hydrogen-bond acceptors (Lipinski definition) is 3. The van der Waals surface area contributed by atoms with E-state index in [1.165, 1.54) is 0 Å². The first-order valence-corrected chi connectivity index (χ1v) is 6.42. The molecule has 0 aliphatic carbocycles. The topological polar surface area (TPSA) is 52.3 Å². The van der Waals surface area contributed by atoms with Gasteiger partial charge in [0.05, 0.1) is 12.9 Å². The maximum atomic E-state index is 11.9. The molecule has 2 N–H and O–H groups in total. The van der Waals surface area contributed by atoms with Gasteiger partial charge in [-0.3, -0.25) is 4.79 Å². The smallest absolute Gasteiger partial charge is 0.161 e. The lowest BCUT2D eigenvalue weighted by atomic mass is 9.97. The summed E-state index contributed by atoms with van der Waals surface area (Å²) in [5, 5.41) is 0. The molecule has 0 amide bonds. The van der Waals surface area contributed by atoms with Gasteiger partial charge in [0.2, 0.25) is 0 Å². The summed E-state index contributed by atoms with van der Waals surface area (Å²) in [5.41, 5.74) is 7.96. The Morgan fingerprint density at radius 1 is 1.33 bits per heavy atom. The number of carbonyl (C=O) groups excluding carboxylic acids is 1. The first kappa shape index (κ1) is 12.8. The molecule has 0 aromatic heterocycles. The predicted molar refractivity (Wildman–Crippen MR) is 70.9 cm³/mol. The number of ketones is 1. The second-order valence-electron chi connectivity index (χ2n) is 4.60. The Hall–Kier alpha value is -1.61. The Bertz CT molecular complexity index is 425. The van der Waals surface area contributed by atoms with Gasteiger partial charge in [-0.05, 0) is 24.8 Å². The summed E-state index contributed by atoms with van der Waals surface area (Å²) in [7, 11) is 0. The van der Waals surface area contributed by atoms with E-state index < -0.39 is 0 Å². The normalized spacial score (nSPS) is 16.6. The van der Waals surface area contributed by atoms with Crippen molar-refractivity contribution in [1.29, 1.82) is 0 Å². The van der Waals surface area contributed by atoms with Crippen molar-refractivity contribution in [2.45, 2.75) is 31.7 Å². The maximum absolute atomic E-state index is 11.9. The molecule has 0 spiro atoms. The molecule has 1 unspecified atom stereocenters. The van der Waals surface area contributed by atoms with Gasteiger partial charge in [0.25, 0.3) is 0 Å². The number of ether oxygens (including phenoxy) is 1. The van der Waals surface area contributed by atoms with Crippen LogP contribution in [0.4, 0.5) is 0 Å². The minimum Gasteiger partial charge on any atom is -0.501 e. The third-order valence-electron chi connectivity index (χ3n) is 3.20. The average Bonchev–Trinajstić information content (AvgIpc) is 2.46. The fourth-order valence-electron chi connectivity index (χ4n) is 2.08. The molecule has 0 saturated heterocycles. The van der Waals surface area contributed by atoms with E-state index in [9.17, 15) is 4.79 Å². The fraction of sp³-hybridized carbons (Fsp3) is 0.400. The van der Waals surface area contributed by atoms with E-state index in [4.69, 9.17) is 10.5 Å². The van der Waals surface area contributed by atoms with Gasteiger partial charge in [-0.15, -0.1) is 0 Å². The van der Waals surface area contributed by atoms with Crippen LogP contribution >= 0.6 is 0 Å². The van der Waals surface area contributed by atoms with Gasteiger partial charge in [-0.2, -0.15) is 0 Å². The van der Waals surface area contributed by atoms with Gasteiger partial charge in [0, 0.05) is 18.0 Å². The van der Waals surface area contributed by atoms with Crippen LogP contribution in [0.5, 0.6) is 0 Å². The molecular formula is C15H19NO2. The van der Waals surface area contributed by atoms with E-state index in [0.29, 0.717) is 12.8 Å². The first-order chi connectivity index (χ1) is 8.77. The van der Waals surface area contributed by atoms with Crippen LogP contribution < -0.4 is 5.73 Å². The molecule has 3 heteroatoms. The Morgan fingerprint density at radius 3 is 2.78 bits per heavy atom. The lowest BCUT2D eigenvalue weighted by molar-refractivity contribution is -0.116. The van der Waals surface area contributed by atoms with Crippen LogP contribution in [0.25, 0.3) is 0 Å². The number of hydrogen-bond donors (Lipinski definition) is 1. The van der Waals surface area contributed by atoms with E-state index in [2.05, 4.69) is 0 Å². The molecule has 1 heterocycles. The van der Waals surface area contributed by atoms with Crippen molar-refractivity contribution in [1.82, 2.24) is 0 Å². The van der Waals surface area contributed by atoms with Crippen molar-refractivity contribution in [2.75, 3.05) is 6.61 Å². The van der Waals surface area contributed by atoms with Crippen LogP contribution in [-0.2, 0) is 9.53 Å². The van der Waals surface area contributed by atoms with Crippen molar-refractivity contribution in [3.8, 4) is 0 Å². The Kier molecular flexibility index (Phi) is 4.53. The van der Waals surface area contributed by atoms with Gasteiger partial charge in [0.15, 0.2) is 5.78 Å². The number of nitrogens with two attached hydrogens (primary N) is 1. The highest BCUT2D eigenvalue weighted by Crippen LogP contribution is 2.19. The zero-order valence-electron chi connectivity index (χ0n) is 10.5. The molecule has 3 nitrogen and oxygen atoms in total. The van der Waals surface area contributed by atoms with Crippen molar-refractivity contribution in [2.24, 2.45) is 5.73 Å². The van der Waals surface area contributed by atoms with Crippen LogP contribution in [0.1, 0.15) is 37.3 Å². The Balaban J connectivity index is 1.84. The summed E-state index contributed by atoms with van der Waals surface area (Å²) in [4.78, 5) is 11.9. The minimum absolute atomic E-state index is 0.0692. The van der Waals surface area contributed by atoms with Crippen LogP contribution in [0.3, 0.4) is 0 Å². The Morgan fingerprint density at radius 2 is 2.11 bits per heavy atom. The molecule has 0 bridgehead atoms. The maximum Gasteiger partial charge on any atom is 0.161 e. The van der Waals surface area contributed by atoms with Gasteiger partial charge in [-0.25, -0.2) is 0 Å². The molecule has 1 aromatic rings. The Labute approximate surface area is 108 Å². The molecule has 1 aliphatic rings. The molecule has 0 radical (unpaired) electrons. The van der Waals surface area contributed by atoms with E-state index in [1.54, 1.807) is 6.26 Å². The number of carbonyl (C=O) groups is 1. The second kappa shape index (κ2) is 6.36. The lowest BCUT2D eigenvalue weighted by Gasteiger charge is -2.14. The molecule has 2 rings (SSSR count). The van der Waals surface area contributed by atoms with E-state index in [1.807, 2.05) is 30.3 Å². The molecular weight excluding hydrogens is 226 g/mol. The van der Waals surface area contributed by atoms with Gasteiger partial charge >= 0.3 is 0 Å². The summed E-state index contributed by atoms with van der Waals surface area (Å²) in [6, 6.07) is 9.82. The second-order valence-corrected chi connectivity index (χ2v) is 4.60. The standard InChI is InChI=1S/C15H19NO2/c16-14(12-5-2-1-3-6-12)8-9-15(17)13-7-4-10-18-11-13/h1-3,5-6,11,14H,4,7-10,16H2. The number of allylic oxidation sites excluding steroid dienone is 1. The minimum atomic E-state index is -0.0692. The molecule has 0 fully saturated rings. The summed E-state index contributed by atoms with van der Waals surface area (Å²) >= 11 is 0. The molecule has 1 aliphatic heterocycles. The van der Waals surface area contributed by atoms with Gasteiger partial charge in [-0.1, -0.05) is 30.3 Å². The van der Waals surface area contributed by atoms with Gasteiger partial charge in [0.1, 0.15) is 0 Å². The highest BCUT2D eigenvalue weighted by Gasteiger charge is 2.15. The number of Topliss-reactive ketones (excluding diaryl/α,β-unsaturated/α-hetero) is 1. The van der Waals surface area contributed by atoms with Crippen LogP contribution in [0.15, 0.2) is 42.2 Å². The average molecular weight is 245 g/mol. The summed E-state index contributed by atoms with van der Waals surface area (Å²) in [6.07, 6.45) is 4.55. The van der Waals surface area contributed by atoms with Crippen molar-refractivity contribution in [3.63, 3.8) is 0 Å². The molecule has 1 aromatic carbocycles. The third kappa shape index (κ3) is 3.44. The SMILES string of the molecule is NC(CCC(=O)C1=COCCC1)c1ccccc1. The lowest BCUT2D eigenvalue weighted by Crippen LogP contribution is -2.14. The summed E-state index contributed by atoms with van der Waals surface area (Å²) in [5.74, 6) is 0.168. The van der Waals surface area contributed by atoms with Crippen molar-refractivity contribution in [3.05, 3.63) is 47.7 Å². The third-order valence-corrected chi connectivity index (χ3v) is 3.20. The zero-order valence-corrected chi connectivity index (χ0v) is 10.5. The molecule has 18 heavy (non-hydrogen) atoms. The fourth-order valence-corrected chi connectivity index (χ4v) is 2.08. The van der Waals surface area contributed by atoms with Crippen LogP contribution in [0.2, 0.25) is 0 Å². The van der Waals surface area contributed by atoms with E-state index in [0.717, 1.165) is 30.6 Å². The van der Waals surface area contributed by atoms with E-state index in [-0.39, 0.29) is 11.8 Å². The van der Waals surface area contributed by atoms with Crippen LogP contribution in [-0.4, -0.2) is 12.4 Å². The van der Waals surface area contributed by atoms with Gasteiger partial charge < -0.3 is 10.5 Å². The van der Waals surface area contributed by atoms with E-state index >= 15 is 0 Å². The molecule has 96 valence electrons.